The SMILES string of the molecule is C=C(C(=O)OCC[N+](C)(C)C)c1ccccn1.O=[N+]([O-])c1cc([N+](=O)[O-])c([O-])c([N+](=O)[O-])c1. The van der Waals surface area contributed by atoms with E-state index in [9.17, 15) is 40.2 Å². The van der Waals surface area contributed by atoms with E-state index >= 15 is 0 Å². The topological polar surface area (TPSA) is 192 Å². The molecule has 1 heterocycles. The number of ether oxygens (including phenoxy) is 1. The van der Waals surface area contributed by atoms with Crippen molar-refractivity contribution < 1.29 is 33.9 Å². The molecule has 14 nitrogen and oxygen atoms in total. The summed E-state index contributed by atoms with van der Waals surface area (Å²) in [7, 11) is 6.13. The summed E-state index contributed by atoms with van der Waals surface area (Å²) in [4.78, 5) is 43.2. The average molecular weight is 463 g/mol. The molecule has 0 bridgehead atoms. The molecule has 0 saturated carbocycles. The van der Waals surface area contributed by atoms with E-state index < -0.39 is 43.6 Å². The summed E-state index contributed by atoms with van der Waals surface area (Å²) in [6, 6.07) is 6.11. The van der Waals surface area contributed by atoms with Gasteiger partial charge in [-0.15, -0.1) is 0 Å². The molecule has 0 saturated heterocycles. The summed E-state index contributed by atoms with van der Waals surface area (Å²) in [5, 5.41) is 42.1. The minimum Gasteiger partial charge on any atom is -0.863 e. The van der Waals surface area contributed by atoms with Gasteiger partial charge in [-0.2, -0.15) is 0 Å². The molecule has 0 fully saturated rings. The molecule has 0 spiro atoms. The second-order valence-corrected chi connectivity index (χ2v) is 7.43. The summed E-state index contributed by atoms with van der Waals surface area (Å²) in [5.74, 6) is -1.86. The van der Waals surface area contributed by atoms with Gasteiger partial charge in [-0.1, -0.05) is 12.6 Å². The van der Waals surface area contributed by atoms with Crippen LogP contribution in [-0.4, -0.2) is 64.5 Å². The molecule has 1 aromatic carbocycles. The maximum absolute atomic E-state index is 11.7. The number of carbonyl (C=O) groups excluding carboxylic acids is 1. The fourth-order valence-corrected chi connectivity index (χ4v) is 2.11. The van der Waals surface area contributed by atoms with Crippen LogP contribution in [0.2, 0.25) is 0 Å². The zero-order chi connectivity index (χ0) is 25.3. The van der Waals surface area contributed by atoms with Crippen LogP contribution in [0.1, 0.15) is 5.69 Å². The molecule has 0 radical (unpaired) electrons. The predicted molar refractivity (Wildman–Crippen MR) is 113 cm³/mol. The Bertz CT molecular complexity index is 1030. The van der Waals surface area contributed by atoms with Crippen LogP contribution in [0, 0.1) is 30.3 Å². The monoisotopic (exact) mass is 463 g/mol. The van der Waals surface area contributed by atoms with Gasteiger partial charge in [0.25, 0.3) is 17.1 Å². The number of pyridine rings is 1. The fourth-order valence-electron chi connectivity index (χ4n) is 2.11. The van der Waals surface area contributed by atoms with Gasteiger partial charge in [0.05, 0.1) is 65.1 Å². The highest BCUT2D eigenvalue weighted by atomic mass is 16.6. The maximum atomic E-state index is 11.7. The van der Waals surface area contributed by atoms with Gasteiger partial charge in [-0.3, -0.25) is 35.3 Å². The smallest absolute Gasteiger partial charge is 0.339 e. The molecular formula is C19H21N5O9. The van der Waals surface area contributed by atoms with Crippen molar-refractivity contribution in [2.45, 2.75) is 0 Å². The summed E-state index contributed by atoms with van der Waals surface area (Å²) >= 11 is 0. The Morgan fingerprint density at radius 2 is 1.58 bits per heavy atom. The third kappa shape index (κ3) is 8.29. The van der Waals surface area contributed by atoms with Gasteiger partial charge in [0.1, 0.15) is 13.2 Å². The molecular weight excluding hydrogens is 442 g/mol. The number of quaternary nitrogens is 1. The minimum absolute atomic E-state index is 0.298. The standard InChI is InChI=1S/C13H19N2O2.C6H3N3O7/c1-11(12-7-5-6-8-14-12)13(16)17-10-9-15(2,3)4;10-6-4(8(13)14)1-3(7(11)12)2-5(6)9(15)16/h5-8H,1,9-10H2,2-4H3;1-2,10H/q+1;/p-1. The van der Waals surface area contributed by atoms with E-state index in [1.54, 1.807) is 18.3 Å². The first-order valence-corrected chi connectivity index (χ1v) is 9.10. The molecule has 0 unspecified atom stereocenters. The molecule has 0 N–H and O–H groups in total. The first-order chi connectivity index (χ1) is 15.2. The van der Waals surface area contributed by atoms with Crippen molar-refractivity contribution in [1.82, 2.24) is 4.98 Å². The number of nitro benzene ring substituents is 3. The summed E-state index contributed by atoms with van der Waals surface area (Å²) < 4.78 is 5.89. The van der Waals surface area contributed by atoms with Gasteiger partial charge in [0.15, 0.2) is 0 Å². The van der Waals surface area contributed by atoms with Crippen molar-refractivity contribution in [2.24, 2.45) is 0 Å². The van der Waals surface area contributed by atoms with Crippen LogP contribution in [0.15, 0.2) is 43.1 Å². The van der Waals surface area contributed by atoms with Crippen molar-refractivity contribution in [1.29, 1.82) is 0 Å². The number of carbonyl (C=O) groups is 1. The number of non-ortho nitro benzene ring substituents is 1. The zero-order valence-electron chi connectivity index (χ0n) is 18.0. The third-order valence-corrected chi connectivity index (χ3v) is 3.85. The molecule has 176 valence electrons. The average Bonchev–Trinajstić information content (AvgIpc) is 2.72. The molecule has 2 rings (SSSR count). The Morgan fingerprint density at radius 3 is 1.97 bits per heavy atom. The molecule has 0 aliphatic carbocycles. The van der Waals surface area contributed by atoms with E-state index in [4.69, 9.17) is 4.74 Å². The van der Waals surface area contributed by atoms with E-state index in [0.717, 1.165) is 11.0 Å². The third-order valence-electron chi connectivity index (χ3n) is 3.85. The van der Waals surface area contributed by atoms with Crippen LogP contribution >= 0.6 is 0 Å². The zero-order valence-corrected chi connectivity index (χ0v) is 18.0. The number of aromatic nitrogens is 1. The second-order valence-electron chi connectivity index (χ2n) is 7.43. The van der Waals surface area contributed by atoms with Gasteiger partial charge in [-0.25, -0.2) is 4.79 Å². The van der Waals surface area contributed by atoms with Gasteiger partial charge in [0.2, 0.25) is 0 Å². The van der Waals surface area contributed by atoms with Gasteiger partial charge in [-0.05, 0) is 12.1 Å². The lowest BCUT2D eigenvalue weighted by atomic mass is 10.2. The molecule has 14 heteroatoms. The van der Waals surface area contributed by atoms with Crippen LogP contribution in [0.25, 0.3) is 5.57 Å². The number of likely N-dealkylation sites (N-methyl/N-ethyl adjacent to an activating group) is 1. The number of hydrogen-bond acceptors (Lipinski definition) is 10. The highest BCUT2D eigenvalue weighted by molar-refractivity contribution is 6.14. The lowest BCUT2D eigenvalue weighted by Gasteiger charge is -2.23. The Hall–Kier alpha value is -4.46. The molecule has 0 amide bonds. The van der Waals surface area contributed by atoms with Crippen molar-refractivity contribution in [3.63, 3.8) is 0 Å². The fraction of sp³-hybridized carbons (Fsp3) is 0.263. The Labute approximate surface area is 187 Å². The Balaban J connectivity index is 0.000000331. The van der Waals surface area contributed by atoms with Crippen molar-refractivity contribution >= 4 is 28.6 Å². The number of nitrogens with zero attached hydrogens (tertiary/aromatic N) is 5. The van der Waals surface area contributed by atoms with E-state index in [-0.39, 0.29) is 0 Å². The van der Waals surface area contributed by atoms with Crippen molar-refractivity contribution in [2.75, 3.05) is 34.3 Å². The van der Waals surface area contributed by atoms with E-state index in [1.807, 2.05) is 27.2 Å². The Morgan fingerprint density at radius 1 is 1.03 bits per heavy atom. The van der Waals surface area contributed by atoms with Crippen LogP contribution in [-0.2, 0) is 9.53 Å². The highest BCUT2D eigenvalue weighted by Crippen LogP contribution is 2.36. The van der Waals surface area contributed by atoms with Crippen LogP contribution in [0.3, 0.4) is 0 Å². The van der Waals surface area contributed by atoms with Crippen LogP contribution in [0.4, 0.5) is 17.1 Å². The summed E-state index contributed by atoms with van der Waals surface area (Å²) in [6.45, 7) is 4.85. The van der Waals surface area contributed by atoms with Crippen molar-refractivity contribution in [3.05, 3.63) is 79.1 Å². The van der Waals surface area contributed by atoms with E-state index in [1.165, 1.54) is 0 Å². The van der Waals surface area contributed by atoms with Gasteiger partial charge < -0.3 is 14.3 Å². The number of esters is 1. The first-order valence-electron chi connectivity index (χ1n) is 9.10. The molecule has 33 heavy (non-hydrogen) atoms. The van der Waals surface area contributed by atoms with E-state index in [0.29, 0.717) is 30.0 Å². The highest BCUT2D eigenvalue weighted by Gasteiger charge is 2.24. The molecule has 1 aromatic heterocycles. The lowest BCUT2D eigenvalue weighted by molar-refractivity contribution is -0.870. The Kier molecular flexibility index (Phi) is 9.05. The number of rotatable bonds is 8. The normalized spacial score (nSPS) is 10.4. The van der Waals surface area contributed by atoms with Gasteiger partial charge >= 0.3 is 5.97 Å². The molecule has 0 atom stereocenters. The van der Waals surface area contributed by atoms with Gasteiger partial charge in [0, 0.05) is 6.20 Å². The number of nitro groups is 3. The van der Waals surface area contributed by atoms with E-state index in [2.05, 4.69) is 11.6 Å². The minimum atomic E-state index is -1.46. The number of benzene rings is 1. The second kappa shape index (κ2) is 11.2. The quantitative estimate of drug-likeness (QED) is 0.183. The predicted octanol–water partition coefficient (Wildman–Crippen LogP) is 1.83. The van der Waals surface area contributed by atoms with Crippen LogP contribution < -0.4 is 5.11 Å². The molecule has 0 aliphatic rings. The van der Waals surface area contributed by atoms with Crippen LogP contribution in [0.5, 0.6) is 5.75 Å². The lowest BCUT2D eigenvalue weighted by Crippen LogP contribution is -2.38. The largest absolute Gasteiger partial charge is 0.863 e. The number of hydrogen-bond donors (Lipinski definition) is 0. The molecule has 0 aliphatic heterocycles. The summed E-state index contributed by atoms with van der Waals surface area (Å²) in [6.07, 6.45) is 1.62. The first kappa shape index (κ1) is 26.6. The summed E-state index contributed by atoms with van der Waals surface area (Å²) in [5.41, 5.74) is -2.41. The molecule has 2 aromatic rings. The van der Waals surface area contributed by atoms with Crippen molar-refractivity contribution in [3.8, 4) is 5.75 Å². The maximum Gasteiger partial charge on any atom is 0.339 e.